The molecule has 1 aliphatic heterocycles. The summed E-state index contributed by atoms with van der Waals surface area (Å²) in [6.45, 7) is 6.16. The first-order valence-corrected chi connectivity index (χ1v) is 7.71. The number of nitrogens with two attached hydrogens (primary N) is 1. The van der Waals surface area contributed by atoms with Gasteiger partial charge in [-0.05, 0) is 37.4 Å². The molecule has 0 aromatic heterocycles. The fourth-order valence-corrected chi connectivity index (χ4v) is 3.82. The van der Waals surface area contributed by atoms with E-state index in [1.807, 2.05) is 18.2 Å². The Morgan fingerprint density at radius 1 is 1.32 bits per heavy atom. The minimum Gasteiger partial charge on any atom is -0.329 e. The Bertz CT molecular complexity index is 414. The number of hydrogen-bond donors (Lipinski definition) is 1. The van der Waals surface area contributed by atoms with Crippen molar-refractivity contribution in [3.05, 3.63) is 33.8 Å². The summed E-state index contributed by atoms with van der Waals surface area (Å²) in [4.78, 5) is 2.48. The van der Waals surface area contributed by atoms with Gasteiger partial charge in [-0.2, -0.15) is 0 Å². The van der Waals surface area contributed by atoms with E-state index in [0.29, 0.717) is 18.5 Å². The monoisotopic (exact) mass is 300 g/mol. The van der Waals surface area contributed by atoms with E-state index >= 15 is 0 Å². The SMILES string of the molecule is CC(C)C1CCCN1C(CN)c1c(Cl)cccc1Cl. The van der Waals surface area contributed by atoms with Gasteiger partial charge in [-0.3, -0.25) is 4.90 Å². The van der Waals surface area contributed by atoms with Gasteiger partial charge in [0, 0.05) is 28.2 Å². The van der Waals surface area contributed by atoms with Gasteiger partial charge in [0.25, 0.3) is 0 Å². The van der Waals surface area contributed by atoms with Crippen molar-refractivity contribution in [2.45, 2.75) is 38.8 Å². The molecule has 2 rings (SSSR count). The average molecular weight is 301 g/mol. The summed E-state index contributed by atoms with van der Waals surface area (Å²) in [7, 11) is 0. The van der Waals surface area contributed by atoms with Crippen LogP contribution in [0.2, 0.25) is 10.0 Å². The van der Waals surface area contributed by atoms with E-state index < -0.39 is 0 Å². The highest BCUT2D eigenvalue weighted by Gasteiger charge is 2.34. The summed E-state index contributed by atoms with van der Waals surface area (Å²) in [6, 6.07) is 6.36. The smallest absolute Gasteiger partial charge is 0.0503 e. The predicted molar refractivity (Wildman–Crippen MR) is 82.8 cm³/mol. The Balaban J connectivity index is 2.34. The van der Waals surface area contributed by atoms with Gasteiger partial charge >= 0.3 is 0 Å². The molecule has 4 heteroatoms. The van der Waals surface area contributed by atoms with Crippen LogP contribution in [0.15, 0.2) is 18.2 Å². The molecule has 0 amide bonds. The summed E-state index contributed by atoms with van der Waals surface area (Å²) < 4.78 is 0. The molecule has 19 heavy (non-hydrogen) atoms. The van der Waals surface area contributed by atoms with Crippen LogP contribution in [-0.4, -0.2) is 24.0 Å². The largest absolute Gasteiger partial charge is 0.329 e. The highest BCUT2D eigenvalue weighted by atomic mass is 35.5. The Labute approximate surface area is 125 Å². The molecular formula is C15H22Cl2N2. The molecule has 1 heterocycles. The second-order valence-electron chi connectivity index (χ2n) is 5.58. The van der Waals surface area contributed by atoms with Gasteiger partial charge < -0.3 is 5.73 Å². The second-order valence-corrected chi connectivity index (χ2v) is 6.39. The van der Waals surface area contributed by atoms with Crippen molar-refractivity contribution in [2.24, 2.45) is 11.7 Å². The van der Waals surface area contributed by atoms with E-state index in [-0.39, 0.29) is 6.04 Å². The zero-order valence-electron chi connectivity index (χ0n) is 11.6. The molecule has 2 nitrogen and oxygen atoms in total. The van der Waals surface area contributed by atoms with Crippen molar-refractivity contribution in [1.82, 2.24) is 4.90 Å². The molecule has 0 radical (unpaired) electrons. The minimum absolute atomic E-state index is 0.121. The van der Waals surface area contributed by atoms with Crippen molar-refractivity contribution >= 4 is 23.2 Å². The zero-order chi connectivity index (χ0) is 14.0. The molecule has 0 saturated carbocycles. The van der Waals surface area contributed by atoms with E-state index in [0.717, 1.165) is 22.2 Å². The number of likely N-dealkylation sites (tertiary alicyclic amines) is 1. The van der Waals surface area contributed by atoms with Crippen LogP contribution in [0, 0.1) is 5.92 Å². The fourth-order valence-electron chi connectivity index (χ4n) is 3.17. The minimum atomic E-state index is 0.121. The van der Waals surface area contributed by atoms with Crippen LogP contribution in [0.1, 0.15) is 38.3 Å². The molecular weight excluding hydrogens is 279 g/mol. The number of rotatable bonds is 4. The second kappa shape index (κ2) is 6.45. The van der Waals surface area contributed by atoms with Gasteiger partial charge in [0.1, 0.15) is 0 Å². The van der Waals surface area contributed by atoms with Crippen LogP contribution in [0.3, 0.4) is 0 Å². The Hall–Kier alpha value is -0.280. The molecule has 1 aromatic carbocycles. The lowest BCUT2D eigenvalue weighted by molar-refractivity contribution is 0.149. The molecule has 1 fully saturated rings. The van der Waals surface area contributed by atoms with Gasteiger partial charge in [0.15, 0.2) is 0 Å². The first kappa shape index (κ1) is 15.1. The first-order chi connectivity index (χ1) is 9.06. The first-order valence-electron chi connectivity index (χ1n) is 6.96. The maximum absolute atomic E-state index is 6.34. The lowest BCUT2D eigenvalue weighted by Crippen LogP contribution is -2.40. The Morgan fingerprint density at radius 3 is 2.47 bits per heavy atom. The van der Waals surface area contributed by atoms with Gasteiger partial charge in [0.2, 0.25) is 0 Å². The number of halogens is 2. The summed E-state index contributed by atoms with van der Waals surface area (Å²) >= 11 is 12.7. The predicted octanol–water partition coefficient (Wildman–Crippen LogP) is 4.11. The molecule has 0 aliphatic carbocycles. The molecule has 0 spiro atoms. The van der Waals surface area contributed by atoms with Gasteiger partial charge in [0.05, 0.1) is 6.04 Å². The fraction of sp³-hybridized carbons (Fsp3) is 0.600. The molecule has 2 unspecified atom stereocenters. The molecule has 0 bridgehead atoms. The van der Waals surface area contributed by atoms with Gasteiger partial charge in [-0.15, -0.1) is 0 Å². The van der Waals surface area contributed by atoms with E-state index in [1.165, 1.54) is 12.8 Å². The van der Waals surface area contributed by atoms with Crippen molar-refractivity contribution in [3.8, 4) is 0 Å². The van der Waals surface area contributed by atoms with Crippen LogP contribution < -0.4 is 5.73 Å². The van der Waals surface area contributed by atoms with Crippen LogP contribution in [0.25, 0.3) is 0 Å². The van der Waals surface area contributed by atoms with E-state index in [2.05, 4.69) is 18.7 Å². The molecule has 1 saturated heterocycles. The molecule has 106 valence electrons. The molecule has 1 aromatic rings. The normalized spacial score (nSPS) is 22.1. The summed E-state index contributed by atoms with van der Waals surface area (Å²) in [6.07, 6.45) is 2.46. The summed E-state index contributed by atoms with van der Waals surface area (Å²) in [5.41, 5.74) is 7.01. The van der Waals surface area contributed by atoms with Crippen molar-refractivity contribution in [3.63, 3.8) is 0 Å². The highest BCUT2D eigenvalue weighted by Crippen LogP contribution is 2.38. The number of hydrogen-bond acceptors (Lipinski definition) is 2. The van der Waals surface area contributed by atoms with Gasteiger partial charge in [-0.1, -0.05) is 43.1 Å². The van der Waals surface area contributed by atoms with Crippen LogP contribution in [0.4, 0.5) is 0 Å². The highest BCUT2D eigenvalue weighted by molar-refractivity contribution is 6.36. The summed E-state index contributed by atoms with van der Waals surface area (Å²) in [5.74, 6) is 0.623. The van der Waals surface area contributed by atoms with Gasteiger partial charge in [-0.25, -0.2) is 0 Å². The number of benzene rings is 1. The topological polar surface area (TPSA) is 29.3 Å². The maximum Gasteiger partial charge on any atom is 0.0503 e. The zero-order valence-corrected chi connectivity index (χ0v) is 13.1. The third-order valence-corrected chi connectivity index (χ3v) is 4.73. The molecule has 2 atom stereocenters. The molecule has 2 N–H and O–H groups in total. The third-order valence-electron chi connectivity index (χ3n) is 4.07. The number of nitrogens with zero attached hydrogens (tertiary/aromatic N) is 1. The van der Waals surface area contributed by atoms with Crippen LogP contribution >= 0.6 is 23.2 Å². The third kappa shape index (κ3) is 3.08. The van der Waals surface area contributed by atoms with Crippen molar-refractivity contribution in [1.29, 1.82) is 0 Å². The van der Waals surface area contributed by atoms with Crippen molar-refractivity contribution in [2.75, 3.05) is 13.1 Å². The summed E-state index contributed by atoms with van der Waals surface area (Å²) in [5, 5.41) is 1.44. The van der Waals surface area contributed by atoms with Crippen molar-refractivity contribution < 1.29 is 0 Å². The Morgan fingerprint density at radius 2 is 1.95 bits per heavy atom. The van der Waals surface area contributed by atoms with E-state index in [9.17, 15) is 0 Å². The average Bonchev–Trinajstić information content (AvgIpc) is 2.83. The quantitative estimate of drug-likeness (QED) is 0.906. The van der Waals surface area contributed by atoms with Crippen LogP contribution in [-0.2, 0) is 0 Å². The lowest BCUT2D eigenvalue weighted by atomic mass is 9.98. The lowest BCUT2D eigenvalue weighted by Gasteiger charge is -2.35. The maximum atomic E-state index is 6.34. The Kier molecular flexibility index (Phi) is 5.13. The molecule has 1 aliphatic rings. The standard InChI is InChI=1S/C15H22Cl2N2/c1-10(2)13-7-4-8-19(13)14(9-18)15-11(16)5-3-6-12(15)17/h3,5-6,10,13-14H,4,7-9,18H2,1-2H3. The van der Waals surface area contributed by atoms with E-state index in [1.54, 1.807) is 0 Å². The van der Waals surface area contributed by atoms with Crippen LogP contribution in [0.5, 0.6) is 0 Å². The van der Waals surface area contributed by atoms with E-state index in [4.69, 9.17) is 28.9 Å².